The molecule has 0 aliphatic carbocycles. The number of alkyl halides is 2. The van der Waals surface area contributed by atoms with Gasteiger partial charge in [-0.25, -0.2) is 8.78 Å². The fourth-order valence-corrected chi connectivity index (χ4v) is 0.959. The van der Waals surface area contributed by atoms with Gasteiger partial charge in [0.2, 0.25) is 0 Å². The molecule has 1 amide bonds. The van der Waals surface area contributed by atoms with E-state index in [2.05, 4.69) is 10.3 Å². The van der Waals surface area contributed by atoms with Crippen LogP contribution in [0.5, 0.6) is 0 Å². The monoisotopic (exact) mass is 200 g/mol. The van der Waals surface area contributed by atoms with Crippen LogP contribution in [0.25, 0.3) is 0 Å². The van der Waals surface area contributed by atoms with Crippen molar-refractivity contribution in [3.63, 3.8) is 0 Å². The Morgan fingerprint density at radius 2 is 2.36 bits per heavy atom. The van der Waals surface area contributed by atoms with Crippen molar-refractivity contribution in [3.8, 4) is 0 Å². The molecule has 3 nitrogen and oxygen atoms in total. The Balaban J connectivity index is 2.61. The van der Waals surface area contributed by atoms with Gasteiger partial charge in [-0.15, -0.1) is 0 Å². The molecule has 0 saturated heterocycles. The fourth-order valence-electron chi connectivity index (χ4n) is 0.959. The Hall–Kier alpha value is -1.52. The Morgan fingerprint density at radius 1 is 1.64 bits per heavy atom. The normalized spacial score (nSPS) is 10.3. The molecular formula is C9H10F2N2O. The fraction of sp³-hybridized carbons (Fsp3) is 0.333. The highest BCUT2D eigenvalue weighted by Crippen LogP contribution is 2.00. The number of nitrogens with one attached hydrogen (secondary N) is 1. The highest BCUT2D eigenvalue weighted by atomic mass is 19.3. The first kappa shape index (κ1) is 10.6. The van der Waals surface area contributed by atoms with Gasteiger partial charge < -0.3 is 5.32 Å². The molecule has 0 aromatic carbocycles. The summed E-state index contributed by atoms with van der Waals surface area (Å²) in [5, 5.41) is 2.11. The van der Waals surface area contributed by atoms with Crippen molar-refractivity contribution in [3.05, 3.63) is 29.6 Å². The number of rotatable bonds is 3. The molecule has 1 rings (SSSR count). The molecule has 0 aliphatic rings. The average Bonchev–Trinajstić information content (AvgIpc) is 2.14. The quantitative estimate of drug-likeness (QED) is 0.801. The summed E-state index contributed by atoms with van der Waals surface area (Å²) >= 11 is 0. The summed E-state index contributed by atoms with van der Waals surface area (Å²) in [7, 11) is 0. The first-order chi connectivity index (χ1) is 6.59. The zero-order valence-corrected chi connectivity index (χ0v) is 7.63. The second-order valence-electron chi connectivity index (χ2n) is 2.79. The topological polar surface area (TPSA) is 42.0 Å². The lowest BCUT2D eigenvalue weighted by molar-refractivity contribution is 0.0891. The number of carbonyl (C=O) groups is 1. The second-order valence-corrected chi connectivity index (χ2v) is 2.79. The molecule has 0 unspecified atom stereocenters. The Bertz CT molecular complexity index is 328. The molecule has 1 aromatic heterocycles. The van der Waals surface area contributed by atoms with Crippen LogP contribution in [0.2, 0.25) is 0 Å². The molecule has 0 radical (unpaired) electrons. The number of nitrogens with zero attached hydrogens (tertiary/aromatic N) is 1. The number of aryl methyl sites for hydroxylation is 1. The van der Waals surface area contributed by atoms with Gasteiger partial charge in [0.1, 0.15) is 0 Å². The molecule has 0 spiro atoms. The predicted molar refractivity (Wildman–Crippen MR) is 47.3 cm³/mol. The van der Waals surface area contributed by atoms with Gasteiger partial charge in [0.25, 0.3) is 12.3 Å². The van der Waals surface area contributed by atoms with E-state index in [0.29, 0.717) is 11.3 Å². The van der Waals surface area contributed by atoms with Crippen LogP contribution in [-0.4, -0.2) is 23.9 Å². The summed E-state index contributed by atoms with van der Waals surface area (Å²) in [6.45, 7) is 1.10. The van der Waals surface area contributed by atoms with E-state index in [1.165, 1.54) is 12.3 Å². The Labute approximate surface area is 80.2 Å². The van der Waals surface area contributed by atoms with E-state index in [0.717, 1.165) is 0 Å². The van der Waals surface area contributed by atoms with Crippen molar-refractivity contribution in [1.29, 1.82) is 0 Å². The third-order valence-electron chi connectivity index (χ3n) is 1.58. The number of pyridine rings is 1. The molecule has 0 fully saturated rings. The molecule has 76 valence electrons. The van der Waals surface area contributed by atoms with Crippen molar-refractivity contribution in [2.24, 2.45) is 0 Å². The Kier molecular flexibility index (Phi) is 3.50. The van der Waals surface area contributed by atoms with Crippen LogP contribution < -0.4 is 5.32 Å². The van der Waals surface area contributed by atoms with E-state index in [9.17, 15) is 13.6 Å². The minimum atomic E-state index is -2.53. The maximum Gasteiger partial charge on any atom is 0.255 e. The van der Waals surface area contributed by atoms with E-state index in [-0.39, 0.29) is 0 Å². The van der Waals surface area contributed by atoms with Crippen molar-refractivity contribution in [2.75, 3.05) is 6.54 Å². The van der Waals surface area contributed by atoms with Crippen LogP contribution in [0.15, 0.2) is 18.3 Å². The molecular weight excluding hydrogens is 190 g/mol. The van der Waals surface area contributed by atoms with Crippen LogP contribution in [-0.2, 0) is 0 Å². The summed E-state index contributed by atoms with van der Waals surface area (Å²) in [6, 6.07) is 3.02. The van der Waals surface area contributed by atoms with E-state index in [1.54, 1.807) is 13.0 Å². The Morgan fingerprint density at radius 3 is 2.93 bits per heavy atom. The minimum Gasteiger partial charge on any atom is -0.346 e. The van der Waals surface area contributed by atoms with Crippen molar-refractivity contribution in [1.82, 2.24) is 10.3 Å². The van der Waals surface area contributed by atoms with Gasteiger partial charge in [-0.1, -0.05) is 0 Å². The van der Waals surface area contributed by atoms with Crippen LogP contribution >= 0.6 is 0 Å². The van der Waals surface area contributed by atoms with Crippen LogP contribution in [0, 0.1) is 6.92 Å². The number of hydrogen-bond acceptors (Lipinski definition) is 2. The predicted octanol–water partition coefficient (Wildman–Crippen LogP) is 1.38. The number of aromatic nitrogens is 1. The first-order valence-corrected chi connectivity index (χ1v) is 4.08. The summed E-state index contributed by atoms with van der Waals surface area (Å²) in [4.78, 5) is 15.1. The zero-order valence-electron chi connectivity index (χ0n) is 7.63. The molecule has 0 saturated carbocycles. The zero-order chi connectivity index (χ0) is 10.6. The lowest BCUT2D eigenvalue weighted by Gasteiger charge is -2.04. The number of hydrogen-bond donors (Lipinski definition) is 1. The van der Waals surface area contributed by atoms with Crippen LogP contribution in [0.4, 0.5) is 8.78 Å². The van der Waals surface area contributed by atoms with E-state index < -0.39 is 18.9 Å². The average molecular weight is 200 g/mol. The van der Waals surface area contributed by atoms with Gasteiger partial charge >= 0.3 is 0 Å². The van der Waals surface area contributed by atoms with Crippen LogP contribution in [0.3, 0.4) is 0 Å². The molecule has 1 N–H and O–H groups in total. The third-order valence-corrected chi connectivity index (χ3v) is 1.58. The smallest absolute Gasteiger partial charge is 0.255 e. The summed E-state index contributed by atoms with van der Waals surface area (Å²) in [5.41, 5.74) is 1.02. The van der Waals surface area contributed by atoms with Gasteiger partial charge in [0, 0.05) is 17.5 Å². The van der Waals surface area contributed by atoms with E-state index >= 15 is 0 Å². The second kappa shape index (κ2) is 4.64. The van der Waals surface area contributed by atoms with Crippen molar-refractivity contribution >= 4 is 5.91 Å². The van der Waals surface area contributed by atoms with Gasteiger partial charge in [-0.3, -0.25) is 9.78 Å². The van der Waals surface area contributed by atoms with Gasteiger partial charge in [0.05, 0.1) is 6.54 Å². The largest absolute Gasteiger partial charge is 0.346 e. The number of halogens is 2. The minimum absolute atomic E-state index is 0.346. The summed E-state index contributed by atoms with van der Waals surface area (Å²) < 4.78 is 23.5. The van der Waals surface area contributed by atoms with Gasteiger partial charge in [0.15, 0.2) is 0 Å². The molecule has 0 atom stereocenters. The lowest BCUT2D eigenvalue weighted by Crippen LogP contribution is -2.28. The molecule has 14 heavy (non-hydrogen) atoms. The summed E-state index contributed by atoms with van der Waals surface area (Å²) in [6.07, 6.45) is -1.06. The van der Waals surface area contributed by atoms with Crippen LogP contribution in [0.1, 0.15) is 16.1 Å². The third kappa shape index (κ3) is 3.08. The molecule has 5 heteroatoms. The highest BCUT2D eigenvalue weighted by molar-refractivity contribution is 5.94. The highest BCUT2D eigenvalue weighted by Gasteiger charge is 2.08. The van der Waals surface area contributed by atoms with Crippen molar-refractivity contribution < 1.29 is 13.6 Å². The first-order valence-electron chi connectivity index (χ1n) is 4.08. The van der Waals surface area contributed by atoms with Crippen molar-refractivity contribution in [2.45, 2.75) is 13.3 Å². The molecule has 0 aliphatic heterocycles. The molecule has 1 heterocycles. The summed E-state index contributed by atoms with van der Waals surface area (Å²) in [5.74, 6) is -0.504. The van der Waals surface area contributed by atoms with E-state index in [1.807, 2.05) is 0 Å². The standard InChI is InChI=1S/C9H10F2N2O/c1-6-4-7(2-3-12-6)9(14)13-5-8(10)11/h2-4,8H,5H2,1H3,(H,13,14). The van der Waals surface area contributed by atoms with Gasteiger partial charge in [-0.05, 0) is 19.1 Å². The molecule has 0 bridgehead atoms. The SMILES string of the molecule is Cc1cc(C(=O)NCC(F)F)ccn1. The lowest BCUT2D eigenvalue weighted by atomic mass is 10.2. The number of carbonyl (C=O) groups excluding carboxylic acids is 1. The maximum absolute atomic E-state index is 11.8. The maximum atomic E-state index is 11.8. The van der Waals surface area contributed by atoms with E-state index in [4.69, 9.17) is 0 Å². The molecule has 1 aromatic rings. The van der Waals surface area contributed by atoms with Gasteiger partial charge in [-0.2, -0.15) is 0 Å². The number of amides is 1.